The number of ether oxygens (including phenoxy) is 1. The molecule has 2 N–H and O–H groups in total. The summed E-state index contributed by atoms with van der Waals surface area (Å²) in [5.74, 6) is -1.02. The van der Waals surface area contributed by atoms with Crippen molar-refractivity contribution in [3.8, 4) is 0 Å². The number of methoxy groups -OCH3 is 1. The quantitative estimate of drug-likeness (QED) is 0.755. The Bertz CT molecular complexity index is 934. The van der Waals surface area contributed by atoms with Gasteiger partial charge in [-0.1, -0.05) is 12.1 Å². The molecule has 1 aliphatic rings. The zero-order chi connectivity index (χ0) is 18.7. The maximum atomic E-state index is 12.4. The van der Waals surface area contributed by atoms with Crippen LogP contribution in [-0.2, 0) is 14.8 Å². The highest BCUT2D eigenvalue weighted by Gasteiger charge is 2.28. The van der Waals surface area contributed by atoms with Crippen molar-refractivity contribution in [2.75, 3.05) is 12.4 Å². The van der Waals surface area contributed by atoms with Crippen LogP contribution in [0.15, 0.2) is 53.4 Å². The minimum absolute atomic E-state index is 0.0119. The van der Waals surface area contributed by atoms with Crippen LogP contribution in [0.1, 0.15) is 33.6 Å². The van der Waals surface area contributed by atoms with Gasteiger partial charge in [-0.25, -0.2) is 17.9 Å². The Balaban J connectivity index is 1.76. The molecule has 1 amide bonds. The summed E-state index contributed by atoms with van der Waals surface area (Å²) < 4.78 is 31.6. The molecule has 0 saturated heterocycles. The first-order valence-electron chi connectivity index (χ1n) is 8.02. The van der Waals surface area contributed by atoms with Crippen LogP contribution in [0.4, 0.5) is 5.69 Å². The van der Waals surface area contributed by atoms with Crippen LogP contribution in [0.25, 0.3) is 0 Å². The standard InChI is InChI=1S/C18H18N2O5S/c1-25-18(22)15-4-2-3-5-16(15)19-17(21)12-6-10-14(11-7-12)26(23,24)20-13-8-9-13/h2-7,10-11,13,20H,8-9H2,1H3,(H,19,21). The molecule has 2 aromatic carbocycles. The molecule has 136 valence electrons. The zero-order valence-corrected chi connectivity index (χ0v) is 14.9. The van der Waals surface area contributed by atoms with E-state index in [4.69, 9.17) is 4.74 Å². The normalized spacial score (nSPS) is 13.9. The van der Waals surface area contributed by atoms with Crippen molar-refractivity contribution in [3.05, 3.63) is 59.7 Å². The number of amides is 1. The van der Waals surface area contributed by atoms with E-state index in [0.717, 1.165) is 12.8 Å². The van der Waals surface area contributed by atoms with E-state index in [1.54, 1.807) is 24.3 Å². The number of nitrogens with one attached hydrogen (secondary N) is 2. The average molecular weight is 374 g/mol. The second-order valence-corrected chi connectivity index (χ2v) is 7.63. The Morgan fingerprint density at radius 3 is 2.31 bits per heavy atom. The molecule has 0 unspecified atom stereocenters. The number of anilines is 1. The Hall–Kier alpha value is -2.71. The number of esters is 1. The molecule has 0 bridgehead atoms. The molecule has 7 nitrogen and oxygen atoms in total. The van der Waals surface area contributed by atoms with Gasteiger partial charge in [0.2, 0.25) is 10.0 Å². The van der Waals surface area contributed by atoms with Gasteiger partial charge >= 0.3 is 5.97 Å². The minimum Gasteiger partial charge on any atom is -0.465 e. The van der Waals surface area contributed by atoms with E-state index in [9.17, 15) is 18.0 Å². The lowest BCUT2D eigenvalue weighted by atomic mass is 10.1. The summed E-state index contributed by atoms with van der Waals surface area (Å²) in [6.45, 7) is 0. The third-order valence-corrected chi connectivity index (χ3v) is 5.44. The molecule has 26 heavy (non-hydrogen) atoms. The molecule has 1 aliphatic carbocycles. The number of sulfonamides is 1. The fourth-order valence-electron chi connectivity index (χ4n) is 2.35. The van der Waals surface area contributed by atoms with Crippen molar-refractivity contribution in [3.63, 3.8) is 0 Å². The lowest BCUT2D eigenvalue weighted by molar-refractivity contribution is 0.0602. The van der Waals surface area contributed by atoms with Crippen molar-refractivity contribution < 1.29 is 22.7 Å². The van der Waals surface area contributed by atoms with E-state index in [1.807, 2.05) is 0 Å². The van der Waals surface area contributed by atoms with Gasteiger partial charge in [0.1, 0.15) is 0 Å². The number of rotatable bonds is 6. The third-order valence-electron chi connectivity index (χ3n) is 3.91. The molecule has 0 aliphatic heterocycles. The van der Waals surface area contributed by atoms with Crippen molar-refractivity contribution in [1.82, 2.24) is 4.72 Å². The fraction of sp³-hybridized carbons (Fsp3) is 0.222. The van der Waals surface area contributed by atoms with Crippen LogP contribution in [0.3, 0.4) is 0 Å². The molecule has 0 heterocycles. The van der Waals surface area contributed by atoms with Gasteiger partial charge in [0.25, 0.3) is 5.91 Å². The second kappa shape index (κ2) is 7.27. The van der Waals surface area contributed by atoms with Crippen molar-refractivity contribution in [1.29, 1.82) is 0 Å². The fourth-order valence-corrected chi connectivity index (χ4v) is 3.65. The van der Waals surface area contributed by atoms with Crippen LogP contribution >= 0.6 is 0 Å². The number of carbonyl (C=O) groups is 2. The van der Waals surface area contributed by atoms with Gasteiger partial charge in [-0.15, -0.1) is 0 Å². The third kappa shape index (κ3) is 4.09. The van der Waals surface area contributed by atoms with E-state index in [-0.39, 0.29) is 22.1 Å². The first kappa shape index (κ1) is 18.1. The molecule has 0 atom stereocenters. The summed E-state index contributed by atoms with van der Waals surface area (Å²) in [5, 5.41) is 2.64. The molecule has 0 radical (unpaired) electrons. The number of carbonyl (C=O) groups excluding carboxylic acids is 2. The van der Waals surface area contributed by atoms with Gasteiger partial charge in [-0.3, -0.25) is 4.79 Å². The largest absolute Gasteiger partial charge is 0.465 e. The number of benzene rings is 2. The van der Waals surface area contributed by atoms with Crippen LogP contribution in [0.5, 0.6) is 0 Å². The average Bonchev–Trinajstić information content (AvgIpc) is 3.45. The van der Waals surface area contributed by atoms with Gasteiger partial charge in [-0.2, -0.15) is 0 Å². The lowest BCUT2D eigenvalue weighted by Gasteiger charge is -2.10. The Kier molecular flexibility index (Phi) is 5.06. The van der Waals surface area contributed by atoms with E-state index >= 15 is 0 Å². The maximum Gasteiger partial charge on any atom is 0.339 e. The topological polar surface area (TPSA) is 102 Å². The predicted molar refractivity (Wildman–Crippen MR) is 95.5 cm³/mol. The molecule has 8 heteroatoms. The first-order chi connectivity index (χ1) is 12.4. The Morgan fingerprint density at radius 2 is 1.69 bits per heavy atom. The van der Waals surface area contributed by atoms with Gasteiger partial charge in [0.05, 0.1) is 23.3 Å². The Labute approximate surface area is 151 Å². The molecule has 1 saturated carbocycles. The van der Waals surface area contributed by atoms with Crippen LogP contribution in [0, 0.1) is 0 Å². The SMILES string of the molecule is COC(=O)c1ccccc1NC(=O)c1ccc(S(=O)(=O)NC2CC2)cc1. The zero-order valence-electron chi connectivity index (χ0n) is 14.1. The summed E-state index contributed by atoms with van der Waals surface area (Å²) in [6.07, 6.45) is 1.69. The van der Waals surface area contributed by atoms with Gasteiger partial charge in [0, 0.05) is 11.6 Å². The molecule has 3 rings (SSSR count). The Morgan fingerprint density at radius 1 is 1.04 bits per heavy atom. The van der Waals surface area contributed by atoms with Crippen molar-refractivity contribution >= 4 is 27.6 Å². The molecule has 2 aromatic rings. The van der Waals surface area contributed by atoms with E-state index in [1.165, 1.54) is 31.4 Å². The van der Waals surface area contributed by atoms with E-state index in [0.29, 0.717) is 5.69 Å². The minimum atomic E-state index is -3.56. The summed E-state index contributed by atoms with van der Waals surface area (Å²) in [4.78, 5) is 24.3. The van der Waals surface area contributed by atoms with Crippen molar-refractivity contribution in [2.45, 2.75) is 23.8 Å². The molecule has 0 spiro atoms. The molecular weight excluding hydrogens is 356 g/mol. The lowest BCUT2D eigenvalue weighted by Crippen LogP contribution is -2.25. The summed E-state index contributed by atoms with van der Waals surface area (Å²) in [7, 11) is -2.30. The highest BCUT2D eigenvalue weighted by atomic mass is 32.2. The smallest absolute Gasteiger partial charge is 0.339 e. The van der Waals surface area contributed by atoms with Gasteiger partial charge in [0.15, 0.2) is 0 Å². The monoisotopic (exact) mass is 374 g/mol. The molecule has 1 fully saturated rings. The van der Waals surface area contributed by atoms with E-state index < -0.39 is 21.9 Å². The van der Waals surface area contributed by atoms with Crippen LogP contribution < -0.4 is 10.0 Å². The number of hydrogen-bond donors (Lipinski definition) is 2. The van der Waals surface area contributed by atoms with Crippen LogP contribution in [-0.4, -0.2) is 33.4 Å². The number of para-hydroxylation sites is 1. The van der Waals surface area contributed by atoms with Gasteiger partial charge in [-0.05, 0) is 49.2 Å². The first-order valence-corrected chi connectivity index (χ1v) is 9.50. The van der Waals surface area contributed by atoms with Crippen molar-refractivity contribution in [2.24, 2.45) is 0 Å². The van der Waals surface area contributed by atoms with Crippen LogP contribution in [0.2, 0.25) is 0 Å². The molecular formula is C18H18N2O5S. The maximum absolute atomic E-state index is 12.4. The van der Waals surface area contributed by atoms with E-state index in [2.05, 4.69) is 10.0 Å². The molecule has 0 aromatic heterocycles. The predicted octanol–water partition coefficient (Wildman–Crippen LogP) is 2.17. The summed E-state index contributed by atoms with van der Waals surface area (Å²) in [6, 6.07) is 12.1. The van der Waals surface area contributed by atoms with Gasteiger partial charge < -0.3 is 10.1 Å². The number of hydrogen-bond acceptors (Lipinski definition) is 5. The summed E-state index contributed by atoms with van der Waals surface area (Å²) in [5.41, 5.74) is 0.822. The summed E-state index contributed by atoms with van der Waals surface area (Å²) >= 11 is 0. The second-order valence-electron chi connectivity index (χ2n) is 5.91. The highest BCUT2D eigenvalue weighted by molar-refractivity contribution is 7.89. The highest BCUT2D eigenvalue weighted by Crippen LogP contribution is 2.22.